The van der Waals surface area contributed by atoms with Gasteiger partial charge in [0.1, 0.15) is 5.82 Å². The maximum atomic E-state index is 14.0. The average Bonchev–Trinajstić information content (AvgIpc) is 2.84. The van der Waals surface area contributed by atoms with E-state index in [0.29, 0.717) is 44.8 Å². The first-order valence-electron chi connectivity index (χ1n) is 11.7. The van der Waals surface area contributed by atoms with E-state index < -0.39 is 5.41 Å². The van der Waals surface area contributed by atoms with Crippen molar-refractivity contribution in [1.82, 2.24) is 14.8 Å². The molecule has 2 aliphatic heterocycles. The van der Waals surface area contributed by atoms with Gasteiger partial charge < -0.3 is 15.1 Å². The molecule has 2 saturated heterocycles. The Bertz CT molecular complexity index is 1020. The van der Waals surface area contributed by atoms with E-state index in [1.165, 1.54) is 0 Å². The number of pyridine rings is 1. The lowest BCUT2D eigenvalue weighted by molar-refractivity contribution is -0.144. The molecule has 33 heavy (non-hydrogen) atoms. The summed E-state index contributed by atoms with van der Waals surface area (Å²) in [5.74, 6) is 0.299. The molecule has 2 aromatic rings. The first kappa shape index (κ1) is 23.0. The molecule has 174 valence electrons. The van der Waals surface area contributed by atoms with Crippen molar-refractivity contribution in [2.45, 2.75) is 44.9 Å². The van der Waals surface area contributed by atoms with Crippen LogP contribution in [0.15, 0.2) is 48.5 Å². The molecule has 2 fully saturated rings. The van der Waals surface area contributed by atoms with Crippen LogP contribution in [-0.2, 0) is 19.8 Å². The first-order chi connectivity index (χ1) is 15.9. The Morgan fingerprint density at radius 1 is 0.970 bits per heavy atom. The SMILES string of the molecule is CC(=O)N1CCC(C(=O)N2CCCC(C(=O)Nc3cccc(C)n3)C2)(c2ccccc2)CC1. The highest BCUT2D eigenvalue weighted by molar-refractivity contribution is 5.93. The molecule has 7 nitrogen and oxygen atoms in total. The Balaban J connectivity index is 1.51. The lowest BCUT2D eigenvalue weighted by Gasteiger charge is -2.45. The zero-order valence-electron chi connectivity index (χ0n) is 19.4. The molecular weight excluding hydrogens is 416 g/mol. The highest BCUT2D eigenvalue weighted by Crippen LogP contribution is 2.38. The Morgan fingerprint density at radius 2 is 1.70 bits per heavy atom. The van der Waals surface area contributed by atoms with E-state index in [0.717, 1.165) is 24.1 Å². The van der Waals surface area contributed by atoms with Crippen LogP contribution in [0.3, 0.4) is 0 Å². The molecule has 0 bridgehead atoms. The number of nitrogens with one attached hydrogen (secondary N) is 1. The van der Waals surface area contributed by atoms with Crippen molar-refractivity contribution in [2.75, 3.05) is 31.5 Å². The van der Waals surface area contributed by atoms with Crippen LogP contribution < -0.4 is 5.32 Å². The number of rotatable bonds is 4. The number of aryl methyl sites for hydroxylation is 1. The summed E-state index contributed by atoms with van der Waals surface area (Å²) in [7, 11) is 0. The van der Waals surface area contributed by atoms with Crippen molar-refractivity contribution in [1.29, 1.82) is 0 Å². The van der Waals surface area contributed by atoms with E-state index in [9.17, 15) is 14.4 Å². The van der Waals surface area contributed by atoms with Gasteiger partial charge in [-0.1, -0.05) is 36.4 Å². The second kappa shape index (κ2) is 9.73. The Labute approximate surface area is 195 Å². The molecular formula is C26H32N4O3. The predicted octanol–water partition coefficient (Wildman–Crippen LogP) is 3.15. The molecule has 0 aliphatic carbocycles. The van der Waals surface area contributed by atoms with Crippen LogP contribution in [0.2, 0.25) is 0 Å². The fourth-order valence-corrected chi connectivity index (χ4v) is 5.11. The van der Waals surface area contributed by atoms with Crippen LogP contribution in [0.1, 0.15) is 43.9 Å². The largest absolute Gasteiger partial charge is 0.343 e. The number of carbonyl (C=O) groups is 3. The van der Waals surface area contributed by atoms with E-state index in [1.807, 2.05) is 59.2 Å². The number of benzene rings is 1. The number of carbonyl (C=O) groups excluding carboxylic acids is 3. The topological polar surface area (TPSA) is 82.6 Å². The smallest absolute Gasteiger partial charge is 0.233 e. The van der Waals surface area contributed by atoms with Gasteiger partial charge in [0.2, 0.25) is 17.7 Å². The number of anilines is 1. The van der Waals surface area contributed by atoms with Crippen LogP contribution in [0.25, 0.3) is 0 Å². The third kappa shape index (κ3) is 4.92. The fourth-order valence-electron chi connectivity index (χ4n) is 5.11. The van der Waals surface area contributed by atoms with E-state index in [1.54, 1.807) is 13.0 Å². The quantitative estimate of drug-likeness (QED) is 0.779. The number of hydrogen-bond acceptors (Lipinski definition) is 4. The van der Waals surface area contributed by atoms with E-state index >= 15 is 0 Å². The van der Waals surface area contributed by atoms with Crippen LogP contribution in [0, 0.1) is 12.8 Å². The minimum atomic E-state index is -0.663. The van der Waals surface area contributed by atoms with Gasteiger partial charge in [-0.05, 0) is 50.3 Å². The Morgan fingerprint density at radius 3 is 2.36 bits per heavy atom. The van der Waals surface area contributed by atoms with Gasteiger partial charge in [0.05, 0.1) is 11.3 Å². The molecule has 1 aromatic heterocycles. The summed E-state index contributed by atoms with van der Waals surface area (Å²) in [6, 6.07) is 15.4. The highest BCUT2D eigenvalue weighted by Gasteiger charge is 2.46. The molecule has 0 saturated carbocycles. The third-order valence-electron chi connectivity index (χ3n) is 7.02. The van der Waals surface area contributed by atoms with Crippen molar-refractivity contribution in [3.8, 4) is 0 Å². The van der Waals surface area contributed by atoms with E-state index in [-0.39, 0.29) is 23.6 Å². The summed E-state index contributed by atoms with van der Waals surface area (Å²) in [5.41, 5.74) is 1.17. The third-order valence-corrected chi connectivity index (χ3v) is 7.02. The number of hydrogen-bond donors (Lipinski definition) is 1. The molecule has 4 rings (SSSR count). The van der Waals surface area contributed by atoms with Gasteiger partial charge in [0.15, 0.2) is 0 Å². The second-order valence-corrected chi connectivity index (χ2v) is 9.20. The van der Waals surface area contributed by atoms with Gasteiger partial charge in [0, 0.05) is 38.8 Å². The molecule has 3 amide bonds. The highest BCUT2D eigenvalue weighted by atomic mass is 16.2. The summed E-state index contributed by atoms with van der Waals surface area (Å²) < 4.78 is 0. The Hall–Kier alpha value is -3.22. The van der Waals surface area contributed by atoms with E-state index in [4.69, 9.17) is 0 Å². The second-order valence-electron chi connectivity index (χ2n) is 9.20. The van der Waals surface area contributed by atoms with Crippen molar-refractivity contribution in [3.63, 3.8) is 0 Å². The molecule has 1 unspecified atom stereocenters. The summed E-state index contributed by atoms with van der Waals surface area (Å²) >= 11 is 0. The van der Waals surface area contributed by atoms with Gasteiger partial charge in [-0.15, -0.1) is 0 Å². The monoisotopic (exact) mass is 448 g/mol. The average molecular weight is 449 g/mol. The van der Waals surface area contributed by atoms with Gasteiger partial charge in [-0.25, -0.2) is 4.98 Å². The van der Waals surface area contributed by atoms with Crippen molar-refractivity contribution in [2.24, 2.45) is 5.92 Å². The van der Waals surface area contributed by atoms with Crippen LogP contribution in [0.4, 0.5) is 5.82 Å². The summed E-state index contributed by atoms with van der Waals surface area (Å²) in [6.07, 6.45) is 2.72. The Kier molecular flexibility index (Phi) is 6.77. The van der Waals surface area contributed by atoms with Gasteiger partial charge in [0.25, 0.3) is 0 Å². The molecule has 3 heterocycles. The summed E-state index contributed by atoms with van der Waals surface area (Å²) in [6.45, 7) is 5.64. The first-order valence-corrected chi connectivity index (χ1v) is 11.7. The molecule has 1 N–H and O–H groups in total. The standard InChI is InChI=1S/C26H32N4O3/c1-19-8-6-12-23(27-19)28-24(32)21-9-7-15-30(18-21)25(33)26(22-10-4-3-5-11-22)13-16-29(17-14-26)20(2)31/h3-6,8,10-12,21H,7,9,13-18H2,1-2H3,(H,27,28,32). The maximum absolute atomic E-state index is 14.0. The lowest BCUT2D eigenvalue weighted by Crippen LogP contribution is -2.56. The van der Waals surface area contributed by atoms with Gasteiger partial charge in [-0.2, -0.15) is 0 Å². The van der Waals surface area contributed by atoms with Crippen LogP contribution in [-0.4, -0.2) is 58.7 Å². The minimum absolute atomic E-state index is 0.0450. The molecule has 1 atom stereocenters. The molecule has 0 spiro atoms. The van der Waals surface area contributed by atoms with Gasteiger partial charge in [-0.3, -0.25) is 14.4 Å². The lowest BCUT2D eigenvalue weighted by atomic mass is 9.71. The molecule has 7 heteroatoms. The fraction of sp³-hybridized carbons (Fsp3) is 0.462. The summed E-state index contributed by atoms with van der Waals surface area (Å²) in [4.78, 5) is 46.9. The number of piperidine rings is 2. The van der Waals surface area contributed by atoms with Gasteiger partial charge >= 0.3 is 0 Å². The summed E-state index contributed by atoms with van der Waals surface area (Å²) in [5, 5.41) is 2.92. The minimum Gasteiger partial charge on any atom is -0.343 e. The van der Waals surface area contributed by atoms with Crippen molar-refractivity contribution >= 4 is 23.5 Å². The maximum Gasteiger partial charge on any atom is 0.233 e. The molecule has 0 radical (unpaired) electrons. The van der Waals surface area contributed by atoms with Crippen LogP contribution in [0.5, 0.6) is 0 Å². The zero-order chi connectivity index (χ0) is 23.4. The number of amides is 3. The zero-order valence-corrected chi connectivity index (χ0v) is 19.4. The van der Waals surface area contributed by atoms with Crippen molar-refractivity contribution < 1.29 is 14.4 Å². The molecule has 1 aromatic carbocycles. The number of aromatic nitrogens is 1. The van der Waals surface area contributed by atoms with Crippen LogP contribution >= 0.6 is 0 Å². The molecule has 2 aliphatic rings. The predicted molar refractivity (Wildman–Crippen MR) is 127 cm³/mol. The van der Waals surface area contributed by atoms with E-state index in [2.05, 4.69) is 10.3 Å². The normalized spacial score (nSPS) is 20.2. The number of likely N-dealkylation sites (tertiary alicyclic amines) is 2. The number of nitrogens with zero attached hydrogens (tertiary/aromatic N) is 3. The van der Waals surface area contributed by atoms with Crippen molar-refractivity contribution in [3.05, 3.63) is 59.8 Å².